The monoisotopic (exact) mass is 318 g/mol. The second kappa shape index (κ2) is 6.68. The third kappa shape index (κ3) is 4.45. The molecule has 0 aliphatic heterocycles. The third-order valence-corrected chi connectivity index (χ3v) is 3.17. The van der Waals surface area contributed by atoms with Crippen LogP contribution in [0.15, 0.2) is 24.5 Å². The van der Waals surface area contributed by atoms with Crippen LogP contribution >= 0.6 is 0 Å². The topological polar surface area (TPSA) is 87.3 Å². The maximum absolute atomic E-state index is 12.3. The van der Waals surface area contributed by atoms with Gasteiger partial charge in [-0.1, -0.05) is 6.07 Å². The highest BCUT2D eigenvalue weighted by Gasteiger charge is 2.17. The van der Waals surface area contributed by atoms with Gasteiger partial charge in [-0.25, -0.2) is 9.78 Å². The minimum Gasteiger partial charge on any atom is -0.444 e. The SMILES string of the molecule is CN(C(=O)CCNC(=O)OC(C)(C)C)c1cccc2[nH]cnc12. The number of imidazole rings is 1. The number of hydrogen-bond acceptors (Lipinski definition) is 4. The Morgan fingerprint density at radius 1 is 1.35 bits per heavy atom. The first kappa shape index (κ1) is 16.8. The number of nitrogens with zero attached hydrogens (tertiary/aromatic N) is 2. The van der Waals surface area contributed by atoms with Crippen molar-refractivity contribution in [3.63, 3.8) is 0 Å². The van der Waals surface area contributed by atoms with E-state index >= 15 is 0 Å². The van der Waals surface area contributed by atoms with E-state index in [-0.39, 0.29) is 18.9 Å². The van der Waals surface area contributed by atoms with Crippen molar-refractivity contribution in [1.82, 2.24) is 15.3 Å². The molecule has 1 aromatic heterocycles. The molecule has 0 bridgehead atoms. The van der Waals surface area contributed by atoms with Gasteiger partial charge < -0.3 is 19.9 Å². The molecule has 1 heterocycles. The van der Waals surface area contributed by atoms with Crippen LogP contribution in [0.1, 0.15) is 27.2 Å². The molecule has 2 rings (SSSR count). The summed E-state index contributed by atoms with van der Waals surface area (Å²) >= 11 is 0. The molecule has 7 nitrogen and oxygen atoms in total. The second-order valence-electron chi connectivity index (χ2n) is 6.21. The summed E-state index contributed by atoms with van der Waals surface area (Å²) in [6, 6.07) is 5.59. The Bertz CT molecular complexity index is 703. The molecule has 2 N–H and O–H groups in total. The number of aromatic amines is 1. The minimum atomic E-state index is -0.555. The molecule has 0 aliphatic rings. The first-order valence-corrected chi connectivity index (χ1v) is 7.43. The molecule has 2 aromatic rings. The fourth-order valence-corrected chi connectivity index (χ4v) is 2.11. The van der Waals surface area contributed by atoms with Crippen LogP contribution < -0.4 is 10.2 Å². The van der Waals surface area contributed by atoms with Gasteiger partial charge in [0.1, 0.15) is 11.1 Å². The zero-order valence-corrected chi connectivity index (χ0v) is 13.8. The van der Waals surface area contributed by atoms with Crippen molar-refractivity contribution in [3.8, 4) is 0 Å². The Morgan fingerprint density at radius 3 is 2.78 bits per heavy atom. The number of para-hydroxylation sites is 1. The molecule has 124 valence electrons. The first-order chi connectivity index (χ1) is 10.8. The summed E-state index contributed by atoms with van der Waals surface area (Å²) in [5.74, 6) is -0.114. The van der Waals surface area contributed by atoms with Crippen LogP contribution in [-0.2, 0) is 9.53 Å². The standard InChI is InChI=1S/C16H22N4O3/c1-16(2,3)23-15(22)17-9-8-13(21)20(4)12-7-5-6-11-14(12)19-10-18-11/h5-7,10H,8-9H2,1-4H3,(H,17,22)(H,18,19). The molecule has 23 heavy (non-hydrogen) atoms. The molecule has 7 heteroatoms. The lowest BCUT2D eigenvalue weighted by atomic mass is 10.2. The lowest BCUT2D eigenvalue weighted by Gasteiger charge is -2.20. The smallest absolute Gasteiger partial charge is 0.407 e. The summed E-state index contributed by atoms with van der Waals surface area (Å²) in [5.41, 5.74) is 1.78. The predicted octanol–water partition coefficient (Wildman–Crippen LogP) is 2.44. The number of aromatic nitrogens is 2. The van der Waals surface area contributed by atoms with E-state index in [2.05, 4.69) is 15.3 Å². The van der Waals surface area contributed by atoms with E-state index in [1.54, 1.807) is 39.0 Å². The number of ether oxygens (including phenoxy) is 1. The maximum Gasteiger partial charge on any atom is 0.407 e. The summed E-state index contributed by atoms with van der Waals surface area (Å²) in [5, 5.41) is 2.58. The Kier molecular flexibility index (Phi) is 4.88. The number of carbonyl (C=O) groups excluding carboxylic acids is 2. The van der Waals surface area contributed by atoms with Crippen LogP contribution in [0.25, 0.3) is 11.0 Å². The van der Waals surface area contributed by atoms with E-state index in [1.165, 1.54) is 0 Å². The first-order valence-electron chi connectivity index (χ1n) is 7.43. The maximum atomic E-state index is 12.3. The fraction of sp³-hybridized carbons (Fsp3) is 0.438. The van der Waals surface area contributed by atoms with Crippen LogP contribution in [-0.4, -0.2) is 41.2 Å². The highest BCUT2D eigenvalue weighted by atomic mass is 16.6. The average Bonchev–Trinajstić information content (AvgIpc) is 2.92. The van der Waals surface area contributed by atoms with Crippen LogP contribution in [0.4, 0.5) is 10.5 Å². The molecule has 1 aromatic carbocycles. The molecular weight excluding hydrogens is 296 g/mol. The average molecular weight is 318 g/mol. The summed E-state index contributed by atoms with van der Waals surface area (Å²) in [7, 11) is 1.69. The highest BCUT2D eigenvalue weighted by molar-refractivity contribution is 6.00. The molecule has 0 aliphatic carbocycles. The zero-order chi connectivity index (χ0) is 17.0. The van der Waals surface area contributed by atoms with Crippen molar-refractivity contribution in [2.45, 2.75) is 32.8 Å². The second-order valence-corrected chi connectivity index (χ2v) is 6.21. The number of H-pyrrole nitrogens is 1. The number of hydrogen-bond donors (Lipinski definition) is 2. The number of nitrogens with one attached hydrogen (secondary N) is 2. The predicted molar refractivity (Wildman–Crippen MR) is 88.4 cm³/mol. The van der Waals surface area contributed by atoms with E-state index in [1.807, 2.05) is 18.2 Å². The summed E-state index contributed by atoms with van der Waals surface area (Å²) < 4.78 is 5.12. The summed E-state index contributed by atoms with van der Waals surface area (Å²) in [6.45, 7) is 5.58. The van der Waals surface area contributed by atoms with E-state index in [0.717, 1.165) is 16.7 Å². The lowest BCUT2D eigenvalue weighted by Crippen LogP contribution is -2.35. The van der Waals surface area contributed by atoms with Crippen molar-refractivity contribution >= 4 is 28.7 Å². The highest BCUT2D eigenvalue weighted by Crippen LogP contribution is 2.23. The quantitative estimate of drug-likeness (QED) is 0.906. The normalized spacial score (nSPS) is 11.3. The van der Waals surface area contributed by atoms with Gasteiger partial charge in [-0.3, -0.25) is 4.79 Å². The summed E-state index contributed by atoms with van der Waals surface area (Å²) in [6.07, 6.45) is 1.25. The molecule has 0 unspecified atom stereocenters. The van der Waals surface area contributed by atoms with Gasteiger partial charge in [-0.05, 0) is 32.9 Å². The Morgan fingerprint density at radius 2 is 2.09 bits per heavy atom. The van der Waals surface area contributed by atoms with Gasteiger partial charge in [0.05, 0.1) is 17.5 Å². The Labute approximate surface area is 135 Å². The summed E-state index contributed by atoms with van der Waals surface area (Å²) in [4.78, 5) is 32.6. The van der Waals surface area contributed by atoms with Crippen molar-refractivity contribution in [2.75, 3.05) is 18.5 Å². The molecule has 0 radical (unpaired) electrons. The van der Waals surface area contributed by atoms with E-state index in [9.17, 15) is 9.59 Å². The number of amides is 2. The van der Waals surface area contributed by atoms with Gasteiger partial charge in [0.15, 0.2) is 0 Å². The number of carbonyl (C=O) groups is 2. The van der Waals surface area contributed by atoms with Crippen molar-refractivity contribution in [3.05, 3.63) is 24.5 Å². The van der Waals surface area contributed by atoms with Crippen molar-refractivity contribution < 1.29 is 14.3 Å². The van der Waals surface area contributed by atoms with Gasteiger partial charge in [0.2, 0.25) is 5.91 Å². The zero-order valence-electron chi connectivity index (χ0n) is 13.8. The van der Waals surface area contributed by atoms with Crippen LogP contribution in [0.3, 0.4) is 0 Å². The van der Waals surface area contributed by atoms with E-state index < -0.39 is 11.7 Å². The Hall–Kier alpha value is -2.57. The minimum absolute atomic E-state index is 0.114. The van der Waals surface area contributed by atoms with E-state index in [0.29, 0.717) is 0 Å². The molecule has 0 spiro atoms. The van der Waals surface area contributed by atoms with Gasteiger partial charge in [-0.15, -0.1) is 0 Å². The molecule has 0 fully saturated rings. The van der Waals surface area contributed by atoms with Gasteiger partial charge in [-0.2, -0.15) is 0 Å². The molecule has 0 saturated carbocycles. The largest absolute Gasteiger partial charge is 0.444 e. The molecule has 2 amide bonds. The van der Waals surface area contributed by atoms with Gasteiger partial charge in [0.25, 0.3) is 0 Å². The number of alkyl carbamates (subject to hydrolysis) is 1. The van der Waals surface area contributed by atoms with Crippen LogP contribution in [0.5, 0.6) is 0 Å². The van der Waals surface area contributed by atoms with Crippen LogP contribution in [0, 0.1) is 0 Å². The number of fused-ring (bicyclic) bond motifs is 1. The van der Waals surface area contributed by atoms with Gasteiger partial charge >= 0.3 is 6.09 Å². The number of rotatable bonds is 4. The number of benzene rings is 1. The van der Waals surface area contributed by atoms with Gasteiger partial charge in [0, 0.05) is 20.0 Å². The molecule has 0 saturated heterocycles. The van der Waals surface area contributed by atoms with E-state index in [4.69, 9.17) is 4.74 Å². The lowest BCUT2D eigenvalue weighted by molar-refractivity contribution is -0.118. The third-order valence-electron chi connectivity index (χ3n) is 3.17. The van der Waals surface area contributed by atoms with Crippen LogP contribution in [0.2, 0.25) is 0 Å². The van der Waals surface area contributed by atoms with Crippen molar-refractivity contribution in [1.29, 1.82) is 0 Å². The molecule has 0 atom stereocenters. The fourth-order valence-electron chi connectivity index (χ4n) is 2.11. The molecular formula is C16H22N4O3. The Balaban J connectivity index is 1.91. The van der Waals surface area contributed by atoms with Crippen molar-refractivity contribution in [2.24, 2.45) is 0 Å². The number of anilines is 1.